The maximum Gasteiger partial charge on any atom is 0.341 e. The third kappa shape index (κ3) is 5.72. The Labute approximate surface area is 127 Å². The van der Waals surface area contributed by atoms with Gasteiger partial charge in [0.15, 0.2) is 5.78 Å². The van der Waals surface area contributed by atoms with Gasteiger partial charge in [0.25, 0.3) is 5.69 Å². The van der Waals surface area contributed by atoms with Gasteiger partial charge in [-0.1, -0.05) is 12.1 Å². The molecule has 0 atom stereocenters. The summed E-state index contributed by atoms with van der Waals surface area (Å²) >= 11 is 0. The zero-order valence-corrected chi connectivity index (χ0v) is 12.1. The van der Waals surface area contributed by atoms with E-state index in [1.807, 2.05) is 0 Å². The lowest BCUT2D eigenvalue weighted by Crippen LogP contribution is -2.18. The van der Waals surface area contributed by atoms with E-state index in [0.29, 0.717) is 5.56 Å². The first-order valence-electron chi connectivity index (χ1n) is 5.80. The van der Waals surface area contributed by atoms with Crippen LogP contribution in [0.15, 0.2) is 29.8 Å². The predicted molar refractivity (Wildman–Crippen MR) is 79.0 cm³/mol. The fraction of sp³-hybridized carbons (Fsp3) is 0.231. The number of nitro groups is 1. The summed E-state index contributed by atoms with van der Waals surface area (Å²) < 4.78 is 4.78. The number of ether oxygens (including phenoxy) is 1. The third-order valence-corrected chi connectivity index (χ3v) is 2.34. The molecule has 0 aliphatic rings. The van der Waals surface area contributed by atoms with Crippen LogP contribution >= 0.6 is 12.4 Å². The van der Waals surface area contributed by atoms with Gasteiger partial charge in [0.2, 0.25) is 0 Å². The Morgan fingerprint density at radius 1 is 1.43 bits per heavy atom. The van der Waals surface area contributed by atoms with Crippen molar-refractivity contribution in [2.24, 2.45) is 5.73 Å². The van der Waals surface area contributed by atoms with Crippen molar-refractivity contribution in [2.45, 2.75) is 6.92 Å². The van der Waals surface area contributed by atoms with E-state index >= 15 is 0 Å². The summed E-state index contributed by atoms with van der Waals surface area (Å²) in [6.45, 7) is 1.36. The Balaban J connectivity index is 0.00000400. The van der Waals surface area contributed by atoms with Crippen LogP contribution in [0.5, 0.6) is 0 Å². The number of nitro benzene ring substituents is 1. The van der Waals surface area contributed by atoms with Crippen LogP contribution in [0.4, 0.5) is 5.69 Å². The molecule has 0 saturated carbocycles. The molecule has 0 amide bonds. The van der Waals surface area contributed by atoms with E-state index in [2.05, 4.69) is 0 Å². The third-order valence-electron chi connectivity index (χ3n) is 2.34. The van der Waals surface area contributed by atoms with Crippen LogP contribution in [0.1, 0.15) is 12.5 Å². The number of rotatable bonds is 6. The van der Waals surface area contributed by atoms with Gasteiger partial charge in [-0.15, -0.1) is 12.4 Å². The molecular weight excluding hydrogens is 300 g/mol. The van der Waals surface area contributed by atoms with Crippen molar-refractivity contribution in [2.75, 3.05) is 13.2 Å². The Morgan fingerprint density at radius 2 is 2.10 bits per heavy atom. The Hall–Kier alpha value is -2.25. The number of carbonyl (C=O) groups excluding carboxylic acids is 2. The van der Waals surface area contributed by atoms with Gasteiger partial charge in [-0.3, -0.25) is 14.9 Å². The molecule has 0 radical (unpaired) electrons. The van der Waals surface area contributed by atoms with Crippen molar-refractivity contribution in [1.82, 2.24) is 0 Å². The molecule has 0 saturated heterocycles. The van der Waals surface area contributed by atoms with Crippen molar-refractivity contribution in [3.63, 3.8) is 0 Å². The summed E-state index contributed by atoms with van der Waals surface area (Å²) in [5, 5.41) is 10.7. The number of ketones is 1. The van der Waals surface area contributed by atoms with Crippen LogP contribution in [0, 0.1) is 10.1 Å². The van der Waals surface area contributed by atoms with Crippen LogP contribution < -0.4 is 5.73 Å². The summed E-state index contributed by atoms with van der Waals surface area (Å²) in [6.07, 6.45) is 1.26. The molecule has 0 aromatic heterocycles. The second kappa shape index (κ2) is 8.83. The van der Waals surface area contributed by atoms with Crippen molar-refractivity contribution >= 4 is 35.9 Å². The molecule has 21 heavy (non-hydrogen) atoms. The lowest BCUT2D eigenvalue weighted by molar-refractivity contribution is -0.384. The van der Waals surface area contributed by atoms with Crippen molar-refractivity contribution in [3.05, 3.63) is 45.5 Å². The van der Waals surface area contributed by atoms with Crippen LogP contribution in [-0.2, 0) is 14.3 Å². The van der Waals surface area contributed by atoms with Crippen LogP contribution in [0.3, 0.4) is 0 Å². The highest BCUT2D eigenvalue weighted by molar-refractivity contribution is 6.19. The number of benzene rings is 1. The first kappa shape index (κ1) is 18.8. The van der Waals surface area contributed by atoms with Crippen molar-refractivity contribution in [3.8, 4) is 0 Å². The summed E-state index contributed by atoms with van der Waals surface area (Å²) in [5.41, 5.74) is 5.26. The number of halogens is 1. The van der Waals surface area contributed by atoms with Gasteiger partial charge in [0, 0.05) is 18.7 Å². The second-order valence-corrected chi connectivity index (χ2v) is 3.89. The summed E-state index contributed by atoms with van der Waals surface area (Å²) in [7, 11) is 0. The van der Waals surface area contributed by atoms with E-state index in [4.69, 9.17) is 10.5 Å². The largest absolute Gasteiger partial charge is 0.461 e. The highest BCUT2D eigenvalue weighted by Crippen LogP contribution is 2.16. The van der Waals surface area contributed by atoms with Crippen molar-refractivity contribution < 1.29 is 19.2 Å². The first-order chi connectivity index (χ1) is 9.45. The first-order valence-corrected chi connectivity index (χ1v) is 5.80. The van der Waals surface area contributed by atoms with Gasteiger partial charge < -0.3 is 10.5 Å². The lowest BCUT2D eigenvalue weighted by atomic mass is 10.1. The Bertz CT molecular complexity index is 571. The highest BCUT2D eigenvalue weighted by Gasteiger charge is 2.16. The van der Waals surface area contributed by atoms with E-state index in [1.54, 1.807) is 6.07 Å². The predicted octanol–water partition coefficient (Wildman–Crippen LogP) is 1.49. The summed E-state index contributed by atoms with van der Waals surface area (Å²) in [4.78, 5) is 33.2. The Kier molecular flexibility index (Phi) is 7.88. The number of Topliss-reactive ketones (excluding diaryl/α,β-unsaturated/α-hetero) is 1. The summed E-state index contributed by atoms with van der Waals surface area (Å²) in [5.74, 6) is -1.28. The average Bonchev–Trinajstić information content (AvgIpc) is 2.42. The number of carbonyl (C=O) groups is 2. The molecule has 0 fully saturated rings. The molecule has 0 spiro atoms. The lowest BCUT2D eigenvalue weighted by Gasteiger charge is -2.04. The monoisotopic (exact) mass is 314 g/mol. The number of nitrogens with zero attached hydrogens (tertiary/aromatic N) is 1. The smallest absolute Gasteiger partial charge is 0.341 e. The summed E-state index contributed by atoms with van der Waals surface area (Å²) in [6, 6.07) is 5.59. The van der Waals surface area contributed by atoms with Gasteiger partial charge in [-0.25, -0.2) is 4.79 Å². The highest BCUT2D eigenvalue weighted by atomic mass is 35.5. The Morgan fingerprint density at radius 3 is 2.62 bits per heavy atom. The zero-order chi connectivity index (χ0) is 15.1. The molecule has 0 aliphatic carbocycles. The minimum atomic E-state index is -0.797. The van der Waals surface area contributed by atoms with Gasteiger partial charge in [-0.2, -0.15) is 0 Å². The maximum absolute atomic E-state index is 11.7. The normalized spacial score (nSPS) is 10.5. The number of hydrogen-bond acceptors (Lipinski definition) is 6. The SMILES string of the molecule is CC(=O)C(=Cc1cccc([N+](=O)[O-])c1)C(=O)OCCN.Cl. The van der Waals surface area contributed by atoms with Gasteiger partial charge in [-0.05, 0) is 18.6 Å². The number of non-ortho nitro benzene ring substituents is 1. The molecule has 1 aromatic carbocycles. The quantitative estimate of drug-likeness (QED) is 0.212. The van der Waals surface area contributed by atoms with Crippen LogP contribution in [-0.4, -0.2) is 29.8 Å². The molecule has 114 valence electrons. The number of esters is 1. The van der Waals surface area contributed by atoms with Crippen LogP contribution in [0.2, 0.25) is 0 Å². The van der Waals surface area contributed by atoms with E-state index in [0.717, 1.165) is 0 Å². The second-order valence-electron chi connectivity index (χ2n) is 3.89. The topological polar surface area (TPSA) is 113 Å². The number of nitrogens with two attached hydrogens (primary N) is 1. The molecule has 2 N–H and O–H groups in total. The maximum atomic E-state index is 11.7. The molecule has 1 aromatic rings. The number of hydrogen-bond donors (Lipinski definition) is 1. The fourth-order valence-electron chi connectivity index (χ4n) is 1.43. The zero-order valence-electron chi connectivity index (χ0n) is 11.3. The molecule has 8 heteroatoms. The standard InChI is InChI=1S/C13H14N2O5.ClH/c1-9(16)12(13(17)20-6-5-14)8-10-3-2-4-11(7-10)15(18)19;/h2-4,7-8H,5-6,14H2,1H3;1H. The molecule has 1 rings (SSSR count). The minimum absolute atomic E-state index is 0. The van der Waals surface area contributed by atoms with Gasteiger partial charge in [0.05, 0.1) is 4.92 Å². The van der Waals surface area contributed by atoms with E-state index < -0.39 is 16.7 Å². The van der Waals surface area contributed by atoms with E-state index in [9.17, 15) is 19.7 Å². The van der Waals surface area contributed by atoms with E-state index in [-0.39, 0.29) is 36.8 Å². The molecule has 0 unspecified atom stereocenters. The molecule has 0 bridgehead atoms. The van der Waals surface area contributed by atoms with Crippen LogP contribution in [0.25, 0.3) is 6.08 Å². The average molecular weight is 315 g/mol. The van der Waals surface area contributed by atoms with E-state index in [1.165, 1.54) is 31.2 Å². The molecular formula is C13H15ClN2O5. The molecule has 7 nitrogen and oxygen atoms in total. The minimum Gasteiger partial charge on any atom is -0.461 e. The van der Waals surface area contributed by atoms with Crippen molar-refractivity contribution in [1.29, 1.82) is 0 Å². The van der Waals surface area contributed by atoms with Gasteiger partial charge in [0.1, 0.15) is 12.2 Å². The molecule has 0 aliphatic heterocycles. The fourth-order valence-corrected chi connectivity index (χ4v) is 1.43. The van der Waals surface area contributed by atoms with Gasteiger partial charge >= 0.3 is 5.97 Å². The molecule has 0 heterocycles.